The van der Waals surface area contributed by atoms with E-state index in [1.54, 1.807) is 13.0 Å². The van der Waals surface area contributed by atoms with Crippen LogP contribution in [-0.2, 0) is 15.1 Å². The zero-order chi connectivity index (χ0) is 18.6. The Morgan fingerprint density at radius 1 is 1.40 bits per heavy atom. The molecule has 1 heterocycles. The number of nitrogens with one attached hydrogen (secondary N) is 1. The molecule has 1 aliphatic heterocycles. The van der Waals surface area contributed by atoms with Gasteiger partial charge in [-0.05, 0) is 19.9 Å². The van der Waals surface area contributed by atoms with Crippen molar-refractivity contribution in [2.45, 2.75) is 25.8 Å². The largest absolute Gasteiger partial charge is 0.340 e. The van der Waals surface area contributed by atoms with Gasteiger partial charge in [-0.3, -0.25) is 14.5 Å². The van der Waals surface area contributed by atoms with E-state index in [-0.39, 0.29) is 18.5 Å². The molecule has 0 aromatic heterocycles. The van der Waals surface area contributed by atoms with Crippen molar-refractivity contribution in [3.63, 3.8) is 0 Å². The van der Waals surface area contributed by atoms with Crippen LogP contribution in [0, 0.1) is 17.1 Å². The van der Waals surface area contributed by atoms with Crippen molar-refractivity contribution in [3.8, 4) is 6.07 Å². The summed E-state index contributed by atoms with van der Waals surface area (Å²) in [6, 6.07) is 6.87. The van der Waals surface area contributed by atoms with Gasteiger partial charge in [0.15, 0.2) is 0 Å². The fraction of sp³-hybridized carbons (Fsp3) is 0.412. The average Bonchev–Trinajstić information content (AvgIpc) is 2.80. The predicted molar refractivity (Wildman–Crippen MR) is 86.5 cm³/mol. The van der Waals surface area contributed by atoms with Crippen molar-refractivity contribution < 1.29 is 18.8 Å². The number of rotatable bonds is 6. The molecule has 25 heavy (non-hydrogen) atoms. The molecular weight excluding hydrogens is 327 g/mol. The second kappa shape index (κ2) is 7.30. The molecule has 7 nitrogen and oxygen atoms in total. The second-order valence-corrected chi connectivity index (χ2v) is 5.81. The predicted octanol–water partition coefficient (Wildman–Crippen LogP) is 1.35. The number of urea groups is 1. The lowest BCUT2D eigenvalue weighted by Crippen LogP contribution is -2.45. The third-order valence-corrected chi connectivity index (χ3v) is 4.21. The zero-order valence-electron chi connectivity index (χ0n) is 14.1. The summed E-state index contributed by atoms with van der Waals surface area (Å²) in [6.45, 7) is 3.27. The molecule has 1 atom stereocenters. The quantitative estimate of drug-likeness (QED) is 0.787. The monoisotopic (exact) mass is 346 g/mol. The van der Waals surface area contributed by atoms with Gasteiger partial charge in [-0.2, -0.15) is 5.26 Å². The summed E-state index contributed by atoms with van der Waals surface area (Å²) in [7, 11) is 0. The molecule has 1 aromatic carbocycles. The molecule has 8 heteroatoms. The lowest BCUT2D eigenvalue weighted by molar-refractivity contribution is -0.138. The van der Waals surface area contributed by atoms with Gasteiger partial charge in [0, 0.05) is 18.7 Å². The Kier molecular flexibility index (Phi) is 5.37. The van der Waals surface area contributed by atoms with Crippen LogP contribution < -0.4 is 5.32 Å². The van der Waals surface area contributed by atoms with Crippen LogP contribution in [0.25, 0.3) is 0 Å². The fourth-order valence-corrected chi connectivity index (χ4v) is 2.77. The SMILES string of the molecule is CCN(CCC#N)C(=O)CN1C(=O)N[C@@](C)(c2ccccc2F)C1=O. The van der Waals surface area contributed by atoms with E-state index in [0.29, 0.717) is 6.54 Å². The summed E-state index contributed by atoms with van der Waals surface area (Å²) in [5.74, 6) is -1.75. The summed E-state index contributed by atoms with van der Waals surface area (Å²) in [5, 5.41) is 11.1. The van der Waals surface area contributed by atoms with Crippen LogP contribution in [0.5, 0.6) is 0 Å². The molecule has 132 valence electrons. The number of nitrogens with zero attached hydrogens (tertiary/aromatic N) is 3. The molecule has 2 rings (SSSR count). The number of imide groups is 1. The maximum Gasteiger partial charge on any atom is 0.325 e. The third kappa shape index (κ3) is 3.45. The van der Waals surface area contributed by atoms with Crippen LogP contribution in [0.15, 0.2) is 24.3 Å². The van der Waals surface area contributed by atoms with Gasteiger partial charge in [0.05, 0.1) is 12.5 Å². The van der Waals surface area contributed by atoms with Crippen LogP contribution in [0.3, 0.4) is 0 Å². The highest BCUT2D eigenvalue weighted by Gasteiger charge is 2.50. The van der Waals surface area contributed by atoms with E-state index in [1.807, 2.05) is 6.07 Å². The van der Waals surface area contributed by atoms with Gasteiger partial charge in [0.25, 0.3) is 5.91 Å². The lowest BCUT2D eigenvalue weighted by Gasteiger charge is -2.24. The Morgan fingerprint density at radius 2 is 2.08 bits per heavy atom. The Labute approximate surface area is 145 Å². The van der Waals surface area contributed by atoms with Gasteiger partial charge in [-0.25, -0.2) is 9.18 Å². The van der Waals surface area contributed by atoms with E-state index >= 15 is 0 Å². The standard InChI is InChI=1S/C17H19FN4O3/c1-3-21(10-6-9-19)14(23)11-22-15(24)17(2,20-16(22)25)12-7-4-5-8-13(12)18/h4-5,7-8H,3,6,10-11H2,1-2H3,(H,20,25)/t17-/m0/s1. The van der Waals surface area contributed by atoms with E-state index in [1.165, 1.54) is 30.0 Å². The van der Waals surface area contributed by atoms with Crippen molar-refractivity contribution in [1.82, 2.24) is 15.1 Å². The topological polar surface area (TPSA) is 93.5 Å². The first-order valence-electron chi connectivity index (χ1n) is 7.89. The normalized spacial score (nSPS) is 19.5. The summed E-state index contributed by atoms with van der Waals surface area (Å²) in [4.78, 5) is 39.4. The molecule has 0 aliphatic carbocycles. The van der Waals surface area contributed by atoms with E-state index in [9.17, 15) is 18.8 Å². The van der Waals surface area contributed by atoms with Gasteiger partial charge in [-0.1, -0.05) is 18.2 Å². The van der Waals surface area contributed by atoms with E-state index < -0.39 is 35.7 Å². The fourth-order valence-electron chi connectivity index (χ4n) is 2.77. The number of likely N-dealkylation sites (N-methyl/N-ethyl adjacent to an activating group) is 1. The number of halogens is 1. The maximum absolute atomic E-state index is 14.1. The zero-order valence-corrected chi connectivity index (χ0v) is 14.1. The number of nitriles is 1. The molecule has 1 fully saturated rings. The van der Waals surface area contributed by atoms with Crippen LogP contribution in [0.2, 0.25) is 0 Å². The first-order chi connectivity index (χ1) is 11.8. The van der Waals surface area contributed by atoms with Crippen molar-refractivity contribution >= 4 is 17.8 Å². The van der Waals surface area contributed by atoms with Crippen LogP contribution in [0.4, 0.5) is 9.18 Å². The van der Waals surface area contributed by atoms with Gasteiger partial charge >= 0.3 is 6.03 Å². The molecule has 0 radical (unpaired) electrons. The number of hydrogen-bond acceptors (Lipinski definition) is 4. The highest BCUT2D eigenvalue weighted by atomic mass is 19.1. The minimum atomic E-state index is -1.56. The Bertz CT molecular complexity index is 746. The van der Waals surface area contributed by atoms with E-state index in [4.69, 9.17) is 5.26 Å². The Balaban J connectivity index is 2.20. The van der Waals surface area contributed by atoms with Gasteiger partial charge in [-0.15, -0.1) is 0 Å². The molecule has 1 N–H and O–H groups in total. The van der Waals surface area contributed by atoms with Gasteiger partial charge < -0.3 is 10.2 Å². The van der Waals surface area contributed by atoms with Crippen LogP contribution >= 0.6 is 0 Å². The molecule has 1 aliphatic rings. The van der Waals surface area contributed by atoms with Crippen molar-refractivity contribution in [2.75, 3.05) is 19.6 Å². The summed E-state index contributed by atoms with van der Waals surface area (Å²) in [5.41, 5.74) is -1.52. The maximum atomic E-state index is 14.1. The average molecular weight is 346 g/mol. The number of amides is 4. The van der Waals surface area contributed by atoms with Gasteiger partial charge in [0.1, 0.15) is 17.9 Å². The molecule has 0 bridgehead atoms. The molecule has 1 saturated heterocycles. The first-order valence-corrected chi connectivity index (χ1v) is 7.89. The molecule has 0 unspecified atom stereocenters. The second-order valence-electron chi connectivity index (χ2n) is 5.81. The third-order valence-electron chi connectivity index (χ3n) is 4.21. The highest BCUT2D eigenvalue weighted by Crippen LogP contribution is 2.30. The highest BCUT2D eigenvalue weighted by molar-refractivity contribution is 6.09. The van der Waals surface area contributed by atoms with Crippen molar-refractivity contribution in [1.29, 1.82) is 5.26 Å². The lowest BCUT2D eigenvalue weighted by atomic mass is 9.91. The van der Waals surface area contributed by atoms with Gasteiger partial charge in [0.2, 0.25) is 5.91 Å². The number of benzene rings is 1. The van der Waals surface area contributed by atoms with Crippen molar-refractivity contribution in [3.05, 3.63) is 35.6 Å². The number of hydrogen-bond donors (Lipinski definition) is 1. The Hall–Kier alpha value is -2.95. The van der Waals surface area contributed by atoms with E-state index in [0.717, 1.165) is 4.90 Å². The molecule has 1 aromatic rings. The van der Waals surface area contributed by atoms with Crippen LogP contribution in [-0.4, -0.2) is 47.3 Å². The minimum absolute atomic E-state index is 0.0418. The van der Waals surface area contributed by atoms with Crippen LogP contribution in [0.1, 0.15) is 25.8 Å². The first kappa shape index (κ1) is 18.4. The number of carbonyl (C=O) groups is 3. The Morgan fingerprint density at radius 3 is 2.68 bits per heavy atom. The summed E-state index contributed by atoms with van der Waals surface area (Å²) in [6.07, 6.45) is 0.159. The van der Waals surface area contributed by atoms with E-state index in [2.05, 4.69) is 5.32 Å². The summed E-state index contributed by atoms with van der Waals surface area (Å²) >= 11 is 0. The molecular formula is C17H19FN4O3. The van der Waals surface area contributed by atoms with Crippen molar-refractivity contribution in [2.24, 2.45) is 0 Å². The molecule has 0 spiro atoms. The number of carbonyl (C=O) groups excluding carboxylic acids is 3. The summed E-state index contributed by atoms with van der Waals surface area (Å²) < 4.78 is 14.1. The minimum Gasteiger partial charge on any atom is -0.340 e. The smallest absolute Gasteiger partial charge is 0.325 e. The molecule has 4 amide bonds. The molecule has 0 saturated carbocycles.